The summed E-state index contributed by atoms with van der Waals surface area (Å²) in [5, 5.41) is 3.16. The molecule has 1 saturated carbocycles. The van der Waals surface area contributed by atoms with Crippen molar-refractivity contribution >= 4 is 18.3 Å². The highest BCUT2D eigenvalue weighted by atomic mass is 35.5. The second-order valence-electron chi connectivity index (χ2n) is 5.26. The molecular weight excluding hydrogens is 224 g/mol. The number of nitrogens with two attached hydrogens (primary N) is 1. The van der Waals surface area contributed by atoms with Gasteiger partial charge >= 0.3 is 0 Å². The summed E-state index contributed by atoms with van der Waals surface area (Å²) >= 11 is 0. The van der Waals surface area contributed by atoms with Gasteiger partial charge in [-0.05, 0) is 26.7 Å². The lowest BCUT2D eigenvalue weighted by Crippen LogP contribution is -2.51. The maximum absolute atomic E-state index is 11.9. The van der Waals surface area contributed by atoms with Crippen LogP contribution in [0.5, 0.6) is 0 Å². The molecule has 2 unspecified atom stereocenters. The van der Waals surface area contributed by atoms with Gasteiger partial charge in [-0.3, -0.25) is 4.79 Å². The predicted octanol–water partition coefficient (Wildman–Crippen LogP) is 2.23. The van der Waals surface area contributed by atoms with Crippen molar-refractivity contribution in [3.05, 3.63) is 0 Å². The lowest BCUT2D eigenvalue weighted by molar-refractivity contribution is -0.127. The molecule has 3 nitrogen and oxygen atoms in total. The van der Waals surface area contributed by atoms with Crippen LogP contribution in [-0.4, -0.2) is 17.5 Å². The fourth-order valence-electron chi connectivity index (χ4n) is 2.11. The minimum atomic E-state index is -0.0937. The Morgan fingerprint density at radius 3 is 2.19 bits per heavy atom. The van der Waals surface area contributed by atoms with E-state index >= 15 is 0 Å². The molecule has 1 aliphatic carbocycles. The number of hydrogen-bond acceptors (Lipinski definition) is 2. The number of carbonyl (C=O) groups excluding carboxylic acids is 1. The predicted molar refractivity (Wildman–Crippen MR) is 69.7 cm³/mol. The summed E-state index contributed by atoms with van der Waals surface area (Å²) in [5.41, 5.74) is 5.74. The summed E-state index contributed by atoms with van der Waals surface area (Å²) in [5.74, 6) is 0.0122. The van der Waals surface area contributed by atoms with E-state index in [1.54, 1.807) is 0 Å². The molecule has 16 heavy (non-hydrogen) atoms. The smallest absolute Gasteiger partial charge is 0.224 e. The van der Waals surface area contributed by atoms with Gasteiger partial charge in [-0.15, -0.1) is 12.4 Å². The van der Waals surface area contributed by atoms with Crippen LogP contribution in [0, 0.1) is 5.92 Å². The second-order valence-corrected chi connectivity index (χ2v) is 5.26. The molecule has 0 aliphatic heterocycles. The maximum atomic E-state index is 11.9. The summed E-state index contributed by atoms with van der Waals surface area (Å²) in [6, 6.07) is -0.0720. The van der Waals surface area contributed by atoms with Gasteiger partial charge in [-0.25, -0.2) is 0 Å². The maximum Gasteiger partial charge on any atom is 0.224 e. The van der Waals surface area contributed by atoms with E-state index in [1.165, 1.54) is 19.3 Å². The lowest BCUT2D eigenvalue weighted by Gasteiger charge is -2.35. The highest BCUT2D eigenvalue weighted by molar-refractivity contribution is 5.85. The monoisotopic (exact) mass is 248 g/mol. The average molecular weight is 249 g/mol. The van der Waals surface area contributed by atoms with Gasteiger partial charge in [-0.2, -0.15) is 0 Å². The first kappa shape index (κ1) is 15.7. The van der Waals surface area contributed by atoms with Crippen LogP contribution in [0.2, 0.25) is 0 Å². The molecule has 1 rings (SSSR count). The molecule has 0 aromatic rings. The number of carbonyl (C=O) groups is 1. The molecule has 0 aromatic heterocycles. The molecule has 0 saturated heterocycles. The van der Waals surface area contributed by atoms with Gasteiger partial charge in [0.05, 0.1) is 0 Å². The van der Waals surface area contributed by atoms with Crippen LogP contribution in [0.4, 0.5) is 0 Å². The largest absolute Gasteiger partial charge is 0.351 e. The first-order chi connectivity index (χ1) is 6.94. The summed E-state index contributed by atoms with van der Waals surface area (Å²) in [6.45, 7) is 5.93. The van der Waals surface area contributed by atoms with Gasteiger partial charge in [0.15, 0.2) is 0 Å². The number of rotatable bonds is 3. The van der Waals surface area contributed by atoms with Crippen molar-refractivity contribution in [2.24, 2.45) is 11.7 Å². The highest BCUT2D eigenvalue weighted by Crippen LogP contribution is 2.27. The minimum absolute atomic E-state index is 0. The van der Waals surface area contributed by atoms with E-state index in [2.05, 4.69) is 12.2 Å². The quantitative estimate of drug-likeness (QED) is 0.805. The summed E-state index contributed by atoms with van der Waals surface area (Å²) < 4.78 is 0. The average Bonchev–Trinajstić information content (AvgIpc) is 2.16. The summed E-state index contributed by atoms with van der Waals surface area (Å²) in [6.07, 6.45) is 5.95. The molecule has 3 N–H and O–H groups in total. The Morgan fingerprint density at radius 2 is 1.75 bits per heavy atom. The first-order valence-electron chi connectivity index (χ1n) is 6.02. The van der Waals surface area contributed by atoms with E-state index in [0.29, 0.717) is 0 Å². The van der Waals surface area contributed by atoms with E-state index in [9.17, 15) is 4.79 Å². The van der Waals surface area contributed by atoms with Crippen molar-refractivity contribution in [3.63, 3.8) is 0 Å². The summed E-state index contributed by atoms with van der Waals surface area (Å²) in [4.78, 5) is 11.9. The van der Waals surface area contributed by atoms with Crippen LogP contribution >= 0.6 is 12.4 Å². The van der Waals surface area contributed by atoms with Crippen molar-refractivity contribution in [2.75, 3.05) is 0 Å². The van der Waals surface area contributed by atoms with Gasteiger partial charge in [0, 0.05) is 17.5 Å². The standard InChI is InChI=1S/C12H24N2O.ClH/c1-9(10(2)13)11(15)14-12(3)7-5-4-6-8-12;/h9-10H,4-8,13H2,1-3H3,(H,14,15);1H. The topological polar surface area (TPSA) is 55.1 Å². The van der Waals surface area contributed by atoms with Crippen molar-refractivity contribution in [1.29, 1.82) is 0 Å². The van der Waals surface area contributed by atoms with Gasteiger partial charge in [0.25, 0.3) is 0 Å². The van der Waals surface area contributed by atoms with Gasteiger partial charge in [0.2, 0.25) is 5.91 Å². The van der Waals surface area contributed by atoms with Crippen LogP contribution in [0.15, 0.2) is 0 Å². The van der Waals surface area contributed by atoms with Crippen LogP contribution < -0.4 is 11.1 Å². The fraction of sp³-hybridized carbons (Fsp3) is 0.917. The van der Waals surface area contributed by atoms with Gasteiger partial charge in [-0.1, -0.05) is 26.2 Å². The Bertz CT molecular complexity index is 225. The second kappa shape index (κ2) is 6.45. The zero-order valence-corrected chi connectivity index (χ0v) is 11.4. The van der Waals surface area contributed by atoms with Crippen LogP contribution in [0.3, 0.4) is 0 Å². The Hall–Kier alpha value is -0.280. The molecular formula is C12H25ClN2O. The van der Waals surface area contributed by atoms with E-state index in [4.69, 9.17) is 5.73 Å². The molecule has 2 atom stereocenters. The van der Waals surface area contributed by atoms with E-state index in [-0.39, 0.29) is 35.8 Å². The van der Waals surface area contributed by atoms with Crippen LogP contribution in [-0.2, 0) is 4.79 Å². The first-order valence-corrected chi connectivity index (χ1v) is 6.02. The van der Waals surface area contributed by atoms with E-state index < -0.39 is 0 Å². The van der Waals surface area contributed by atoms with Crippen LogP contribution in [0.1, 0.15) is 52.9 Å². The lowest BCUT2D eigenvalue weighted by atomic mass is 9.83. The van der Waals surface area contributed by atoms with Crippen LogP contribution in [0.25, 0.3) is 0 Å². The highest BCUT2D eigenvalue weighted by Gasteiger charge is 2.30. The molecule has 0 aromatic carbocycles. The molecule has 0 heterocycles. The third-order valence-corrected chi connectivity index (χ3v) is 3.58. The Morgan fingerprint density at radius 1 is 1.25 bits per heavy atom. The van der Waals surface area contributed by atoms with Gasteiger partial charge in [0.1, 0.15) is 0 Å². The van der Waals surface area contributed by atoms with Crippen molar-refractivity contribution in [1.82, 2.24) is 5.32 Å². The minimum Gasteiger partial charge on any atom is -0.351 e. The molecule has 1 fully saturated rings. The van der Waals surface area contributed by atoms with Crippen molar-refractivity contribution < 1.29 is 4.79 Å². The third kappa shape index (κ3) is 4.30. The van der Waals surface area contributed by atoms with Gasteiger partial charge < -0.3 is 11.1 Å². The Kier molecular flexibility index (Phi) is 6.34. The third-order valence-electron chi connectivity index (χ3n) is 3.58. The molecule has 1 aliphatic rings. The zero-order chi connectivity index (χ0) is 11.5. The van der Waals surface area contributed by atoms with Crippen molar-refractivity contribution in [3.8, 4) is 0 Å². The molecule has 0 bridgehead atoms. The Labute approximate surface area is 105 Å². The molecule has 4 heteroatoms. The molecule has 0 radical (unpaired) electrons. The molecule has 1 amide bonds. The fourth-order valence-corrected chi connectivity index (χ4v) is 2.11. The SMILES string of the molecule is CC(N)C(C)C(=O)NC1(C)CCCCC1.Cl. The molecule has 0 spiro atoms. The van der Waals surface area contributed by atoms with Crippen molar-refractivity contribution in [2.45, 2.75) is 64.5 Å². The normalized spacial score (nSPS) is 22.8. The number of halogens is 1. The summed E-state index contributed by atoms with van der Waals surface area (Å²) in [7, 11) is 0. The number of nitrogens with one attached hydrogen (secondary N) is 1. The zero-order valence-electron chi connectivity index (χ0n) is 10.6. The van der Waals surface area contributed by atoms with E-state index in [0.717, 1.165) is 12.8 Å². The molecule has 96 valence electrons. The number of hydrogen-bond donors (Lipinski definition) is 2. The Balaban J connectivity index is 0.00000225. The number of amides is 1. The van der Waals surface area contributed by atoms with E-state index in [1.807, 2.05) is 13.8 Å².